The van der Waals surface area contributed by atoms with Crippen LogP contribution >= 0.6 is 0 Å². The molecule has 1 atom stereocenters. The SMILES string of the molecule is C=CCCN(C)C(=NC)NCC1CCS(=O)(=O)C1. The van der Waals surface area contributed by atoms with Gasteiger partial charge in [-0.3, -0.25) is 4.99 Å². The molecule has 1 fully saturated rings. The predicted molar refractivity (Wildman–Crippen MR) is 75.6 cm³/mol. The lowest BCUT2D eigenvalue weighted by Gasteiger charge is -2.22. The van der Waals surface area contributed by atoms with Gasteiger partial charge in [0.1, 0.15) is 0 Å². The molecule has 1 saturated heterocycles. The maximum absolute atomic E-state index is 11.4. The van der Waals surface area contributed by atoms with Crippen LogP contribution in [0.5, 0.6) is 0 Å². The van der Waals surface area contributed by atoms with Crippen molar-refractivity contribution in [2.24, 2.45) is 10.9 Å². The standard InChI is InChI=1S/C12H23N3O2S/c1-4-5-7-15(3)12(13-2)14-9-11-6-8-18(16,17)10-11/h4,11H,1,5-10H2,2-3H3,(H,13,14). The Morgan fingerprint density at radius 1 is 1.61 bits per heavy atom. The highest BCUT2D eigenvalue weighted by Crippen LogP contribution is 2.17. The van der Waals surface area contributed by atoms with Crippen molar-refractivity contribution in [3.63, 3.8) is 0 Å². The molecule has 0 aromatic rings. The highest BCUT2D eigenvalue weighted by atomic mass is 32.2. The molecule has 0 aromatic heterocycles. The first kappa shape index (κ1) is 15.0. The highest BCUT2D eigenvalue weighted by Gasteiger charge is 2.27. The normalized spacial score (nSPS) is 22.8. The average molecular weight is 273 g/mol. The van der Waals surface area contributed by atoms with Crippen molar-refractivity contribution in [2.75, 3.05) is 38.7 Å². The summed E-state index contributed by atoms with van der Waals surface area (Å²) in [7, 11) is 0.906. The summed E-state index contributed by atoms with van der Waals surface area (Å²) < 4.78 is 22.7. The molecular formula is C12H23N3O2S. The van der Waals surface area contributed by atoms with Crippen LogP contribution in [-0.2, 0) is 9.84 Å². The Bertz CT molecular complexity index is 404. The summed E-state index contributed by atoms with van der Waals surface area (Å²) in [4.78, 5) is 6.20. The Balaban J connectivity index is 2.39. The topological polar surface area (TPSA) is 61.8 Å². The molecule has 1 heterocycles. The zero-order valence-corrected chi connectivity index (χ0v) is 12.0. The van der Waals surface area contributed by atoms with E-state index in [0.717, 1.165) is 25.3 Å². The van der Waals surface area contributed by atoms with Crippen LogP contribution in [0.1, 0.15) is 12.8 Å². The fourth-order valence-electron chi connectivity index (χ4n) is 2.04. The molecule has 0 spiro atoms. The van der Waals surface area contributed by atoms with E-state index < -0.39 is 9.84 Å². The molecule has 1 aliphatic heterocycles. The monoisotopic (exact) mass is 273 g/mol. The van der Waals surface area contributed by atoms with Gasteiger partial charge >= 0.3 is 0 Å². The van der Waals surface area contributed by atoms with E-state index in [-0.39, 0.29) is 5.92 Å². The van der Waals surface area contributed by atoms with E-state index in [9.17, 15) is 8.42 Å². The Morgan fingerprint density at radius 3 is 2.83 bits per heavy atom. The quantitative estimate of drug-likeness (QED) is 0.450. The molecule has 5 nitrogen and oxygen atoms in total. The molecule has 0 radical (unpaired) electrons. The molecular weight excluding hydrogens is 250 g/mol. The summed E-state index contributed by atoms with van der Waals surface area (Å²) in [6, 6.07) is 0. The molecule has 0 aliphatic carbocycles. The minimum Gasteiger partial charge on any atom is -0.356 e. The number of hydrogen-bond acceptors (Lipinski definition) is 3. The molecule has 1 aliphatic rings. The lowest BCUT2D eigenvalue weighted by molar-refractivity contribution is 0.474. The number of guanidine groups is 1. The molecule has 0 saturated carbocycles. The van der Waals surface area contributed by atoms with Crippen molar-refractivity contribution >= 4 is 15.8 Å². The molecule has 0 aromatic carbocycles. The van der Waals surface area contributed by atoms with E-state index in [1.165, 1.54) is 0 Å². The summed E-state index contributed by atoms with van der Waals surface area (Å²) in [6.07, 6.45) is 3.52. The van der Waals surface area contributed by atoms with Crippen LogP contribution in [0, 0.1) is 5.92 Å². The van der Waals surface area contributed by atoms with Crippen molar-refractivity contribution in [2.45, 2.75) is 12.8 Å². The third-order valence-corrected chi connectivity index (χ3v) is 4.95. The third-order valence-electron chi connectivity index (χ3n) is 3.12. The molecule has 0 bridgehead atoms. The van der Waals surface area contributed by atoms with Gasteiger partial charge in [0.2, 0.25) is 0 Å². The Morgan fingerprint density at radius 2 is 2.33 bits per heavy atom. The zero-order valence-electron chi connectivity index (χ0n) is 11.2. The first-order chi connectivity index (χ1) is 8.48. The van der Waals surface area contributed by atoms with E-state index in [1.54, 1.807) is 7.05 Å². The second-order valence-corrected chi connectivity index (χ2v) is 6.92. The van der Waals surface area contributed by atoms with Crippen molar-refractivity contribution in [3.05, 3.63) is 12.7 Å². The van der Waals surface area contributed by atoms with Gasteiger partial charge in [-0.05, 0) is 18.8 Å². The van der Waals surface area contributed by atoms with Gasteiger partial charge in [0.05, 0.1) is 11.5 Å². The second kappa shape index (κ2) is 6.78. The molecule has 18 heavy (non-hydrogen) atoms. The van der Waals surface area contributed by atoms with E-state index in [4.69, 9.17) is 0 Å². The van der Waals surface area contributed by atoms with Crippen molar-refractivity contribution in [3.8, 4) is 0 Å². The van der Waals surface area contributed by atoms with Gasteiger partial charge in [0, 0.05) is 27.2 Å². The second-order valence-electron chi connectivity index (χ2n) is 4.70. The van der Waals surface area contributed by atoms with E-state index in [0.29, 0.717) is 18.1 Å². The van der Waals surface area contributed by atoms with Gasteiger partial charge in [-0.2, -0.15) is 0 Å². The molecule has 0 amide bonds. The van der Waals surface area contributed by atoms with Gasteiger partial charge in [-0.15, -0.1) is 6.58 Å². The summed E-state index contributed by atoms with van der Waals surface area (Å²) in [5.41, 5.74) is 0. The van der Waals surface area contributed by atoms with Crippen LogP contribution in [-0.4, -0.2) is 58.0 Å². The molecule has 6 heteroatoms. The fourth-order valence-corrected chi connectivity index (χ4v) is 3.91. The molecule has 1 rings (SSSR count). The number of aliphatic imine (C=N–C) groups is 1. The van der Waals surface area contributed by atoms with Crippen molar-refractivity contribution in [1.29, 1.82) is 0 Å². The number of hydrogen-bond donors (Lipinski definition) is 1. The predicted octanol–water partition coefficient (Wildman–Crippen LogP) is 0.504. The van der Waals surface area contributed by atoms with Gasteiger partial charge in [-0.1, -0.05) is 6.08 Å². The number of nitrogens with zero attached hydrogens (tertiary/aromatic N) is 2. The molecule has 1 N–H and O–H groups in total. The van der Waals surface area contributed by atoms with Gasteiger partial charge in [0.15, 0.2) is 15.8 Å². The Hall–Kier alpha value is -1.04. The summed E-state index contributed by atoms with van der Waals surface area (Å²) in [5, 5.41) is 3.23. The summed E-state index contributed by atoms with van der Waals surface area (Å²) in [6.45, 7) is 5.21. The maximum Gasteiger partial charge on any atom is 0.193 e. The van der Waals surface area contributed by atoms with Crippen LogP contribution in [0.2, 0.25) is 0 Å². The number of rotatable bonds is 5. The molecule has 1 unspecified atom stereocenters. The minimum atomic E-state index is -2.79. The highest BCUT2D eigenvalue weighted by molar-refractivity contribution is 7.91. The zero-order chi connectivity index (χ0) is 13.6. The molecule has 104 valence electrons. The maximum atomic E-state index is 11.4. The Labute approximate surface area is 110 Å². The van der Waals surface area contributed by atoms with E-state index >= 15 is 0 Å². The van der Waals surface area contributed by atoms with Gasteiger partial charge in [-0.25, -0.2) is 8.42 Å². The summed E-state index contributed by atoms with van der Waals surface area (Å²) >= 11 is 0. The first-order valence-corrected chi connectivity index (χ1v) is 8.03. The largest absolute Gasteiger partial charge is 0.356 e. The lowest BCUT2D eigenvalue weighted by Crippen LogP contribution is -2.41. The van der Waals surface area contributed by atoms with Crippen molar-refractivity contribution in [1.82, 2.24) is 10.2 Å². The van der Waals surface area contributed by atoms with Gasteiger partial charge < -0.3 is 10.2 Å². The van der Waals surface area contributed by atoms with Crippen LogP contribution in [0.15, 0.2) is 17.6 Å². The van der Waals surface area contributed by atoms with Crippen LogP contribution < -0.4 is 5.32 Å². The fraction of sp³-hybridized carbons (Fsp3) is 0.750. The minimum absolute atomic E-state index is 0.208. The number of nitrogens with one attached hydrogen (secondary N) is 1. The lowest BCUT2D eigenvalue weighted by atomic mass is 10.1. The van der Waals surface area contributed by atoms with Crippen LogP contribution in [0.3, 0.4) is 0 Å². The van der Waals surface area contributed by atoms with E-state index in [2.05, 4.69) is 16.9 Å². The Kier molecular flexibility index (Phi) is 5.65. The first-order valence-electron chi connectivity index (χ1n) is 6.21. The number of sulfone groups is 1. The van der Waals surface area contributed by atoms with Crippen LogP contribution in [0.4, 0.5) is 0 Å². The van der Waals surface area contributed by atoms with Gasteiger partial charge in [0.25, 0.3) is 0 Å². The van der Waals surface area contributed by atoms with Crippen molar-refractivity contribution < 1.29 is 8.42 Å². The average Bonchev–Trinajstić information content (AvgIpc) is 2.67. The van der Waals surface area contributed by atoms with E-state index in [1.807, 2.05) is 18.0 Å². The smallest absolute Gasteiger partial charge is 0.193 e. The van der Waals surface area contributed by atoms with Crippen LogP contribution in [0.25, 0.3) is 0 Å². The third kappa shape index (κ3) is 4.68. The summed E-state index contributed by atoms with van der Waals surface area (Å²) in [5.74, 6) is 1.64.